The van der Waals surface area contributed by atoms with Gasteiger partial charge in [0.2, 0.25) is 17.8 Å². The van der Waals surface area contributed by atoms with Crippen LogP contribution in [0.2, 0.25) is 0 Å². The van der Waals surface area contributed by atoms with Gasteiger partial charge < -0.3 is 20.3 Å². The molecule has 2 atom stereocenters. The molecule has 2 saturated heterocycles. The SMILES string of the molecule is Cc1cc(NC2=NCCC(C(F)(F)F)=N2)cc(-c2cnc(C3CC(C)(C)C(C(=O)NCCCN4CCCC4=O)CCCO3)s2)c1. The minimum Gasteiger partial charge on any atom is -0.371 e. The summed E-state index contributed by atoms with van der Waals surface area (Å²) in [5.74, 6) is 0.0126. The number of amides is 2. The van der Waals surface area contributed by atoms with Crippen LogP contribution in [0.4, 0.5) is 18.9 Å². The van der Waals surface area contributed by atoms with Crippen LogP contribution in [0.15, 0.2) is 34.4 Å². The molecule has 5 rings (SSSR count). The van der Waals surface area contributed by atoms with E-state index >= 15 is 0 Å². The van der Waals surface area contributed by atoms with Gasteiger partial charge >= 0.3 is 6.18 Å². The van der Waals surface area contributed by atoms with Gasteiger partial charge in [0.25, 0.3) is 0 Å². The van der Waals surface area contributed by atoms with Crippen LogP contribution in [0.3, 0.4) is 0 Å². The molecule has 2 N–H and O–H groups in total. The monoisotopic (exact) mass is 646 g/mol. The zero-order valence-electron chi connectivity index (χ0n) is 26.0. The Morgan fingerprint density at radius 1 is 1.20 bits per heavy atom. The third-order valence-corrected chi connectivity index (χ3v) is 9.74. The summed E-state index contributed by atoms with van der Waals surface area (Å²) in [4.78, 5) is 40.5. The van der Waals surface area contributed by atoms with Crippen LogP contribution in [-0.2, 0) is 14.3 Å². The van der Waals surface area contributed by atoms with E-state index in [0.29, 0.717) is 38.2 Å². The first-order valence-electron chi connectivity index (χ1n) is 15.6. The van der Waals surface area contributed by atoms with Crippen molar-refractivity contribution in [1.82, 2.24) is 15.2 Å². The molecule has 3 aliphatic rings. The number of ether oxygens (including phenoxy) is 1. The zero-order chi connectivity index (χ0) is 32.2. The number of likely N-dealkylation sites (tertiary alicyclic amines) is 1. The van der Waals surface area contributed by atoms with Gasteiger partial charge in [-0.3, -0.25) is 14.6 Å². The van der Waals surface area contributed by atoms with E-state index in [0.717, 1.165) is 53.2 Å². The maximum Gasteiger partial charge on any atom is 0.429 e. The van der Waals surface area contributed by atoms with Crippen molar-refractivity contribution in [2.75, 3.05) is 38.1 Å². The van der Waals surface area contributed by atoms with Crippen molar-refractivity contribution in [2.24, 2.45) is 21.3 Å². The third-order valence-electron chi connectivity index (χ3n) is 8.60. The fourth-order valence-corrected chi connectivity index (χ4v) is 7.18. The van der Waals surface area contributed by atoms with Gasteiger partial charge in [-0.05, 0) is 67.7 Å². The molecular weight excluding hydrogens is 605 g/mol. The first-order chi connectivity index (χ1) is 21.4. The number of nitrogens with zero attached hydrogens (tertiary/aromatic N) is 4. The van der Waals surface area contributed by atoms with E-state index in [1.54, 1.807) is 6.20 Å². The number of carbonyl (C=O) groups excluding carboxylic acids is 2. The van der Waals surface area contributed by atoms with Crippen LogP contribution in [0.25, 0.3) is 10.4 Å². The van der Waals surface area contributed by atoms with Crippen LogP contribution < -0.4 is 10.6 Å². The number of carbonyl (C=O) groups is 2. The Kier molecular flexibility index (Phi) is 10.3. The predicted octanol–water partition coefficient (Wildman–Crippen LogP) is 6.31. The van der Waals surface area contributed by atoms with Gasteiger partial charge in [-0.1, -0.05) is 19.9 Å². The smallest absolute Gasteiger partial charge is 0.371 e. The predicted molar refractivity (Wildman–Crippen MR) is 170 cm³/mol. The van der Waals surface area contributed by atoms with Crippen LogP contribution >= 0.6 is 11.3 Å². The van der Waals surface area contributed by atoms with Crippen LogP contribution in [0, 0.1) is 18.3 Å². The van der Waals surface area contributed by atoms with E-state index in [4.69, 9.17) is 9.72 Å². The number of anilines is 1. The number of guanidine groups is 1. The largest absolute Gasteiger partial charge is 0.429 e. The van der Waals surface area contributed by atoms with Crippen molar-refractivity contribution in [3.05, 3.63) is 35.0 Å². The summed E-state index contributed by atoms with van der Waals surface area (Å²) in [5.41, 5.74) is 1.21. The number of hydrogen-bond acceptors (Lipinski definition) is 8. The standard InChI is InChI=1S/C32H41F3N6O3S/c1-20-15-21(17-22(16-20)39-30-37-11-9-26(40-30)32(33,34)35)25-19-38-29(45-25)24-18-31(2,3)23(7-5-14-44-24)28(43)36-10-6-13-41-12-4-8-27(41)42/h15-17,19,23-24H,4-14,18H2,1-3H3,(H,36,43)(H,37,39). The molecule has 2 unspecified atom stereocenters. The van der Waals surface area contributed by atoms with Crippen molar-refractivity contribution < 1.29 is 27.5 Å². The average Bonchev–Trinajstić information content (AvgIpc) is 3.62. The molecule has 0 bridgehead atoms. The highest BCUT2D eigenvalue weighted by Gasteiger charge is 2.39. The Hall–Kier alpha value is -3.32. The Bertz CT molecular complexity index is 1450. The van der Waals surface area contributed by atoms with Gasteiger partial charge in [0.15, 0.2) is 0 Å². The maximum atomic E-state index is 13.3. The molecule has 244 valence electrons. The lowest BCUT2D eigenvalue weighted by Gasteiger charge is -2.38. The topological polar surface area (TPSA) is 108 Å². The highest BCUT2D eigenvalue weighted by molar-refractivity contribution is 7.15. The molecule has 9 nitrogen and oxygen atoms in total. The number of alkyl halides is 3. The van der Waals surface area contributed by atoms with Gasteiger partial charge in [0.1, 0.15) is 16.8 Å². The fourth-order valence-electron chi connectivity index (χ4n) is 6.23. The molecule has 2 amide bonds. The number of rotatable bonds is 8. The van der Waals surface area contributed by atoms with Crippen LogP contribution in [0.1, 0.15) is 75.5 Å². The fraction of sp³-hybridized carbons (Fsp3) is 0.594. The van der Waals surface area contributed by atoms with E-state index in [-0.39, 0.29) is 48.2 Å². The molecule has 0 saturated carbocycles. The number of thiazole rings is 1. The number of hydrogen-bond donors (Lipinski definition) is 2. The molecular formula is C32H41F3N6O3S. The minimum atomic E-state index is -4.48. The van der Waals surface area contributed by atoms with Gasteiger partial charge in [-0.15, -0.1) is 11.3 Å². The number of benzene rings is 1. The Morgan fingerprint density at radius 2 is 2.02 bits per heavy atom. The van der Waals surface area contributed by atoms with Crippen LogP contribution in [-0.4, -0.2) is 72.3 Å². The first-order valence-corrected chi connectivity index (χ1v) is 16.4. The van der Waals surface area contributed by atoms with Crippen molar-refractivity contribution in [1.29, 1.82) is 0 Å². The molecule has 1 aromatic heterocycles. The lowest BCUT2D eigenvalue weighted by atomic mass is 9.71. The summed E-state index contributed by atoms with van der Waals surface area (Å²) < 4.78 is 45.8. The summed E-state index contributed by atoms with van der Waals surface area (Å²) in [6.45, 7) is 8.71. The number of aromatic nitrogens is 1. The summed E-state index contributed by atoms with van der Waals surface area (Å²) in [5, 5.41) is 6.88. The Labute approximate surface area is 265 Å². The second kappa shape index (κ2) is 14.0. The van der Waals surface area contributed by atoms with Crippen molar-refractivity contribution >= 4 is 40.5 Å². The maximum absolute atomic E-state index is 13.3. The highest BCUT2D eigenvalue weighted by Crippen LogP contribution is 2.44. The van der Waals surface area contributed by atoms with E-state index in [1.165, 1.54) is 11.3 Å². The zero-order valence-corrected chi connectivity index (χ0v) is 26.8. The number of nitrogens with one attached hydrogen (secondary N) is 2. The van der Waals surface area contributed by atoms with Crippen molar-refractivity contribution in [3.8, 4) is 10.4 Å². The molecule has 13 heteroatoms. The normalized spacial score (nSPS) is 22.4. The summed E-state index contributed by atoms with van der Waals surface area (Å²) in [7, 11) is 0. The molecule has 45 heavy (non-hydrogen) atoms. The first kappa shape index (κ1) is 33.1. The lowest BCUT2D eigenvalue weighted by Crippen LogP contribution is -2.42. The molecule has 1 aromatic carbocycles. The molecule has 0 spiro atoms. The number of halogens is 3. The second-order valence-electron chi connectivity index (χ2n) is 12.7. The van der Waals surface area contributed by atoms with E-state index in [9.17, 15) is 22.8 Å². The van der Waals surface area contributed by atoms with E-state index in [2.05, 4.69) is 34.5 Å². The van der Waals surface area contributed by atoms with Gasteiger partial charge in [0.05, 0.1) is 4.88 Å². The highest BCUT2D eigenvalue weighted by atomic mass is 32.1. The van der Waals surface area contributed by atoms with Crippen molar-refractivity contribution in [2.45, 2.75) is 78.0 Å². The van der Waals surface area contributed by atoms with Gasteiger partial charge in [0, 0.05) is 63.4 Å². The molecule has 4 heterocycles. The molecule has 0 aliphatic carbocycles. The average molecular weight is 647 g/mol. The quantitative estimate of drug-likeness (QED) is 0.327. The van der Waals surface area contributed by atoms with Crippen molar-refractivity contribution in [3.63, 3.8) is 0 Å². The third kappa shape index (κ3) is 8.49. The van der Waals surface area contributed by atoms with Crippen LogP contribution in [0.5, 0.6) is 0 Å². The summed E-state index contributed by atoms with van der Waals surface area (Å²) >= 11 is 1.51. The number of aryl methyl sites for hydroxylation is 1. The molecule has 2 aromatic rings. The number of aliphatic imine (C=N–C) groups is 2. The Morgan fingerprint density at radius 3 is 2.78 bits per heavy atom. The van der Waals surface area contributed by atoms with E-state index in [1.807, 2.05) is 30.0 Å². The van der Waals surface area contributed by atoms with Gasteiger partial charge in [-0.25, -0.2) is 9.98 Å². The van der Waals surface area contributed by atoms with E-state index < -0.39 is 11.9 Å². The second-order valence-corrected chi connectivity index (χ2v) is 13.7. The molecule has 3 aliphatic heterocycles. The summed E-state index contributed by atoms with van der Waals surface area (Å²) in [6, 6.07) is 5.69. The van der Waals surface area contributed by atoms with Gasteiger partial charge in [-0.2, -0.15) is 13.2 Å². The Balaban J connectivity index is 1.23. The summed E-state index contributed by atoms with van der Waals surface area (Å²) in [6.07, 6.45) is 1.20. The lowest BCUT2D eigenvalue weighted by molar-refractivity contribution is -0.131. The molecule has 2 fully saturated rings. The minimum absolute atomic E-state index is 0.0265. The molecule has 0 radical (unpaired) electrons.